The van der Waals surface area contributed by atoms with Crippen molar-refractivity contribution in [3.63, 3.8) is 0 Å². The standard InChI is InChI=1S/C11H20N2O3.ClH/c1-8(11(15)16-2)7-13-10(14)6-9-4-3-5-12-9;/h8-9,12H,3-7H2,1-2H3,(H,13,14);1H. The van der Waals surface area contributed by atoms with Crippen molar-refractivity contribution in [2.24, 2.45) is 5.92 Å². The molecule has 1 saturated heterocycles. The third-order valence-corrected chi connectivity index (χ3v) is 2.80. The van der Waals surface area contributed by atoms with Crippen LogP contribution in [0.15, 0.2) is 0 Å². The maximum Gasteiger partial charge on any atom is 0.310 e. The molecule has 0 saturated carbocycles. The lowest BCUT2D eigenvalue weighted by atomic mass is 10.1. The summed E-state index contributed by atoms with van der Waals surface area (Å²) in [7, 11) is 1.35. The van der Waals surface area contributed by atoms with Crippen molar-refractivity contribution in [2.45, 2.75) is 32.2 Å². The molecule has 0 radical (unpaired) electrons. The van der Waals surface area contributed by atoms with Gasteiger partial charge in [-0.05, 0) is 19.4 Å². The van der Waals surface area contributed by atoms with Crippen LogP contribution in [0.1, 0.15) is 26.2 Å². The van der Waals surface area contributed by atoms with E-state index in [2.05, 4.69) is 15.4 Å². The van der Waals surface area contributed by atoms with Crippen molar-refractivity contribution in [3.8, 4) is 0 Å². The van der Waals surface area contributed by atoms with Crippen LogP contribution in [0.25, 0.3) is 0 Å². The third kappa shape index (κ3) is 5.89. The lowest BCUT2D eigenvalue weighted by Crippen LogP contribution is -2.35. The van der Waals surface area contributed by atoms with Gasteiger partial charge in [0.25, 0.3) is 0 Å². The molecule has 0 aromatic rings. The van der Waals surface area contributed by atoms with E-state index in [9.17, 15) is 9.59 Å². The predicted molar refractivity (Wildman–Crippen MR) is 67.1 cm³/mol. The van der Waals surface area contributed by atoms with Crippen LogP contribution in [-0.2, 0) is 14.3 Å². The molecular formula is C11H21ClN2O3. The minimum Gasteiger partial charge on any atom is -0.469 e. The van der Waals surface area contributed by atoms with E-state index < -0.39 is 0 Å². The molecule has 1 rings (SSSR count). The fourth-order valence-corrected chi connectivity index (χ4v) is 1.78. The zero-order chi connectivity index (χ0) is 12.0. The van der Waals surface area contributed by atoms with Gasteiger partial charge in [0, 0.05) is 19.0 Å². The molecule has 5 nitrogen and oxygen atoms in total. The Bertz CT molecular complexity index is 255. The molecule has 1 aliphatic rings. The van der Waals surface area contributed by atoms with Crippen LogP contribution < -0.4 is 10.6 Å². The van der Waals surface area contributed by atoms with Crippen molar-refractivity contribution >= 4 is 24.3 Å². The van der Waals surface area contributed by atoms with Crippen LogP contribution in [0.2, 0.25) is 0 Å². The lowest BCUT2D eigenvalue weighted by molar-refractivity contribution is -0.144. The second-order valence-electron chi connectivity index (χ2n) is 4.23. The number of hydrogen-bond acceptors (Lipinski definition) is 4. The number of carbonyl (C=O) groups is 2. The Labute approximate surface area is 108 Å². The van der Waals surface area contributed by atoms with E-state index in [1.165, 1.54) is 7.11 Å². The lowest BCUT2D eigenvalue weighted by Gasteiger charge is -2.13. The summed E-state index contributed by atoms with van der Waals surface area (Å²) in [5.74, 6) is -0.583. The monoisotopic (exact) mass is 264 g/mol. The quantitative estimate of drug-likeness (QED) is 0.709. The van der Waals surface area contributed by atoms with Gasteiger partial charge in [-0.1, -0.05) is 6.92 Å². The number of hydrogen-bond donors (Lipinski definition) is 2. The topological polar surface area (TPSA) is 67.4 Å². The van der Waals surface area contributed by atoms with Crippen LogP contribution >= 0.6 is 12.4 Å². The van der Waals surface area contributed by atoms with Gasteiger partial charge in [-0.25, -0.2) is 0 Å². The van der Waals surface area contributed by atoms with Gasteiger partial charge in [0.15, 0.2) is 0 Å². The molecule has 6 heteroatoms. The van der Waals surface area contributed by atoms with Gasteiger partial charge in [-0.2, -0.15) is 0 Å². The Morgan fingerprint density at radius 1 is 1.53 bits per heavy atom. The molecular weight excluding hydrogens is 244 g/mol. The molecule has 1 aliphatic heterocycles. The van der Waals surface area contributed by atoms with Crippen molar-refractivity contribution in [3.05, 3.63) is 0 Å². The smallest absolute Gasteiger partial charge is 0.310 e. The summed E-state index contributed by atoms with van der Waals surface area (Å²) in [5, 5.41) is 6.00. The number of rotatable bonds is 5. The number of nitrogens with one attached hydrogen (secondary N) is 2. The number of ether oxygens (including phenoxy) is 1. The SMILES string of the molecule is COC(=O)C(C)CNC(=O)CC1CCCN1.Cl. The first-order valence-electron chi connectivity index (χ1n) is 5.71. The van der Waals surface area contributed by atoms with Gasteiger partial charge in [0.05, 0.1) is 13.0 Å². The van der Waals surface area contributed by atoms with Crippen molar-refractivity contribution in [2.75, 3.05) is 20.2 Å². The molecule has 2 N–H and O–H groups in total. The van der Waals surface area contributed by atoms with E-state index in [0.717, 1.165) is 19.4 Å². The molecule has 2 atom stereocenters. The Morgan fingerprint density at radius 3 is 2.76 bits per heavy atom. The molecule has 0 aromatic carbocycles. The third-order valence-electron chi connectivity index (χ3n) is 2.80. The number of methoxy groups -OCH3 is 1. The average molecular weight is 265 g/mol. The summed E-state index contributed by atoms with van der Waals surface area (Å²) in [4.78, 5) is 22.6. The first-order valence-corrected chi connectivity index (χ1v) is 5.71. The molecule has 1 amide bonds. The molecule has 0 aliphatic carbocycles. The van der Waals surface area contributed by atoms with Gasteiger partial charge < -0.3 is 15.4 Å². The van der Waals surface area contributed by atoms with E-state index in [1.807, 2.05) is 0 Å². The molecule has 2 unspecified atom stereocenters. The fourth-order valence-electron chi connectivity index (χ4n) is 1.78. The van der Waals surface area contributed by atoms with Crippen LogP contribution in [0, 0.1) is 5.92 Å². The molecule has 0 bridgehead atoms. The number of carbonyl (C=O) groups excluding carboxylic acids is 2. The van der Waals surface area contributed by atoms with Gasteiger partial charge >= 0.3 is 5.97 Å². The zero-order valence-electron chi connectivity index (χ0n) is 10.3. The number of halogens is 1. The molecule has 1 heterocycles. The highest BCUT2D eigenvalue weighted by atomic mass is 35.5. The van der Waals surface area contributed by atoms with E-state index in [0.29, 0.717) is 19.0 Å². The average Bonchev–Trinajstić information content (AvgIpc) is 2.77. The van der Waals surface area contributed by atoms with Crippen molar-refractivity contribution in [1.29, 1.82) is 0 Å². The second kappa shape index (κ2) is 8.31. The Balaban J connectivity index is 0.00000256. The van der Waals surface area contributed by atoms with Crippen LogP contribution in [0.5, 0.6) is 0 Å². The van der Waals surface area contributed by atoms with Gasteiger partial charge in [-0.15, -0.1) is 12.4 Å². The summed E-state index contributed by atoms with van der Waals surface area (Å²) in [6, 6.07) is 0.299. The first-order chi connectivity index (χ1) is 7.63. The highest BCUT2D eigenvalue weighted by Gasteiger charge is 2.19. The Hall–Kier alpha value is -0.810. The van der Waals surface area contributed by atoms with Crippen LogP contribution in [0.3, 0.4) is 0 Å². The molecule has 1 fully saturated rings. The molecule has 100 valence electrons. The largest absolute Gasteiger partial charge is 0.469 e. The summed E-state index contributed by atoms with van der Waals surface area (Å²) in [6.07, 6.45) is 2.68. The van der Waals surface area contributed by atoms with E-state index in [-0.39, 0.29) is 30.2 Å². The maximum absolute atomic E-state index is 11.5. The Kier molecular flexibility index (Phi) is 7.91. The fraction of sp³-hybridized carbons (Fsp3) is 0.818. The summed E-state index contributed by atoms with van der Waals surface area (Å²) in [5.41, 5.74) is 0. The minimum absolute atomic E-state index is 0. The molecule has 17 heavy (non-hydrogen) atoms. The molecule has 0 spiro atoms. The highest BCUT2D eigenvalue weighted by Crippen LogP contribution is 2.08. The van der Waals surface area contributed by atoms with E-state index in [4.69, 9.17) is 0 Å². The van der Waals surface area contributed by atoms with Gasteiger partial charge in [0.1, 0.15) is 0 Å². The summed E-state index contributed by atoms with van der Waals surface area (Å²) < 4.78 is 4.58. The van der Waals surface area contributed by atoms with Crippen molar-refractivity contribution in [1.82, 2.24) is 10.6 Å². The normalized spacial score (nSPS) is 20.2. The van der Waals surface area contributed by atoms with E-state index >= 15 is 0 Å². The van der Waals surface area contributed by atoms with Gasteiger partial charge in [0.2, 0.25) is 5.91 Å². The summed E-state index contributed by atoms with van der Waals surface area (Å²) >= 11 is 0. The van der Waals surface area contributed by atoms with E-state index in [1.54, 1.807) is 6.92 Å². The first kappa shape index (κ1) is 16.2. The van der Waals surface area contributed by atoms with Crippen molar-refractivity contribution < 1.29 is 14.3 Å². The minimum atomic E-state index is -0.292. The molecule has 0 aromatic heterocycles. The predicted octanol–water partition coefficient (Wildman–Crippen LogP) is 0.476. The Morgan fingerprint density at radius 2 is 2.24 bits per heavy atom. The van der Waals surface area contributed by atoms with Gasteiger partial charge in [-0.3, -0.25) is 9.59 Å². The zero-order valence-corrected chi connectivity index (χ0v) is 11.1. The highest BCUT2D eigenvalue weighted by molar-refractivity contribution is 5.85. The van der Waals surface area contributed by atoms with Crippen LogP contribution in [-0.4, -0.2) is 38.1 Å². The maximum atomic E-state index is 11.5. The summed E-state index contributed by atoms with van der Waals surface area (Å²) in [6.45, 7) is 3.08. The second-order valence-corrected chi connectivity index (χ2v) is 4.23. The number of amides is 1. The number of esters is 1. The van der Waals surface area contributed by atoms with Crippen LogP contribution in [0.4, 0.5) is 0 Å².